The van der Waals surface area contributed by atoms with E-state index >= 15 is 0 Å². The van der Waals surface area contributed by atoms with Gasteiger partial charge in [0.2, 0.25) is 0 Å². The van der Waals surface area contributed by atoms with Gasteiger partial charge in [0.25, 0.3) is 0 Å². The van der Waals surface area contributed by atoms with Gasteiger partial charge in [-0.25, -0.2) is 0 Å². The predicted octanol–water partition coefficient (Wildman–Crippen LogP) is 14.1. The fourth-order valence-corrected chi connectivity index (χ4v) is 7.44. The number of rotatable bonds is 7. The average Bonchev–Trinajstić information content (AvgIpc) is 3.22. The summed E-state index contributed by atoms with van der Waals surface area (Å²) < 4.78 is 0. The first-order valence-electron chi connectivity index (χ1n) is 17.5. The second-order valence-electron chi connectivity index (χ2n) is 12.9. The van der Waals surface area contributed by atoms with Crippen LogP contribution in [0.5, 0.6) is 0 Å². The highest BCUT2D eigenvalue weighted by Gasteiger charge is 2.20. The van der Waals surface area contributed by atoms with Crippen LogP contribution >= 0.6 is 0 Å². The number of benzene rings is 9. The first-order valence-corrected chi connectivity index (χ1v) is 17.5. The average molecular weight is 650 g/mol. The minimum Gasteiger partial charge on any atom is -0.310 e. The Kier molecular flexibility index (Phi) is 7.92. The molecular formula is C50H35N. The Morgan fingerprint density at radius 1 is 0.255 bits per heavy atom. The van der Waals surface area contributed by atoms with Crippen molar-refractivity contribution in [2.24, 2.45) is 0 Å². The lowest BCUT2D eigenvalue weighted by Gasteiger charge is -2.29. The van der Waals surface area contributed by atoms with Gasteiger partial charge >= 0.3 is 0 Å². The van der Waals surface area contributed by atoms with Crippen molar-refractivity contribution in [2.75, 3.05) is 4.90 Å². The first-order chi connectivity index (χ1) is 25.3. The van der Waals surface area contributed by atoms with Gasteiger partial charge in [0.15, 0.2) is 0 Å². The molecule has 0 fully saturated rings. The van der Waals surface area contributed by atoms with Crippen LogP contribution in [-0.4, -0.2) is 0 Å². The largest absolute Gasteiger partial charge is 0.310 e. The van der Waals surface area contributed by atoms with E-state index in [9.17, 15) is 0 Å². The molecule has 0 atom stereocenters. The number of hydrogen-bond acceptors (Lipinski definition) is 1. The molecule has 240 valence electrons. The molecule has 0 heterocycles. The van der Waals surface area contributed by atoms with Crippen LogP contribution in [0.3, 0.4) is 0 Å². The van der Waals surface area contributed by atoms with Crippen LogP contribution in [0.1, 0.15) is 0 Å². The zero-order valence-corrected chi connectivity index (χ0v) is 28.2. The van der Waals surface area contributed by atoms with Crippen molar-refractivity contribution in [3.05, 3.63) is 212 Å². The topological polar surface area (TPSA) is 3.24 Å². The molecule has 0 amide bonds. The smallest absolute Gasteiger partial charge is 0.0540 e. The van der Waals surface area contributed by atoms with Gasteiger partial charge in [-0.1, -0.05) is 176 Å². The molecule has 0 aliphatic rings. The molecule has 0 saturated carbocycles. The molecule has 0 unspecified atom stereocenters. The van der Waals surface area contributed by atoms with Gasteiger partial charge in [-0.2, -0.15) is 0 Å². The molecule has 9 aromatic rings. The van der Waals surface area contributed by atoms with E-state index in [-0.39, 0.29) is 0 Å². The predicted molar refractivity (Wildman–Crippen MR) is 218 cm³/mol. The molecule has 0 saturated heterocycles. The Hall–Kier alpha value is -6.70. The van der Waals surface area contributed by atoms with E-state index in [0.717, 1.165) is 17.1 Å². The maximum Gasteiger partial charge on any atom is 0.0540 e. The van der Waals surface area contributed by atoms with Gasteiger partial charge in [0, 0.05) is 16.9 Å². The van der Waals surface area contributed by atoms with Crippen LogP contribution < -0.4 is 4.90 Å². The molecule has 0 aliphatic heterocycles. The van der Waals surface area contributed by atoms with Crippen molar-refractivity contribution in [1.82, 2.24) is 0 Å². The SMILES string of the molecule is c1ccc(-c2ccc(N(c3ccc(-c4cc5ccccc5c5ccccc45)cc3)c3ccccc3-c3ccccc3)cc2-c2ccccc2)cc1. The van der Waals surface area contributed by atoms with Crippen molar-refractivity contribution in [3.8, 4) is 44.5 Å². The summed E-state index contributed by atoms with van der Waals surface area (Å²) >= 11 is 0. The quantitative estimate of drug-likeness (QED) is 0.155. The third-order valence-corrected chi connectivity index (χ3v) is 9.87. The summed E-state index contributed by atoms with van der Waals surface area (Å²) in [6, 6.07) is 76.6. The molecule has 1 heteroatoms. The number of hydrogen-bond donors (Lipinski definition) is 0. The first kappa shape index (κ1) is 30.4. The molecular weight excluding hydrogens is 615 g/mol. The van der Waals surface area contributed by atoms with Crippen LogP contribution in [0.2, 0.25) is 0 Å². The minimum atomic E-state index is 1.10. The van der Waals surface area contributed by atoms with E-state index in [1.807, 2.05) is 0 Å². The molecule has 0 spiro atoms. The van der Waals surface area contributed by atoms with E-state index in [1.165, 1.54) is 66.1 Å². The zero-order valence-electron chi connectivity index (χ0n) is 28.2. The Morgan fingerprint density at radius 2 is 0.745 bits per heavy atom. The second-order valence-corrected chi connectivity index (χ2v) is 12.9. The Bertz CT molecular complexity index is 2610. The number of para-hydroxylation sites is 1. The highest BCUT2D eigenvalue weighted by Crippen LogP contribution is 2.44. The number of nitrogens with zero attached hydrogens (tertiary/aromatic N) is 1. The summed E-state index contributed by atoms with van der Waals surface area (Å²) in [5, 5.41) is 5.07. The standard InChI is InChI=1S/C50H35N/c1-4-16-36(17-5-1)44-33-32-42(35-49(44)38-20-8-3-9-21-38)51(50-27-15-14-24-45(50)37-18-6-2-7-19-37)41-30-28-39(29-31-41)48-34-40-22-10-11-23-43(40)46-25-12-13-26-47(46)48/h1-35H. The van der Waals surface area contributed by atoms with E-state index in [2.05, 4.69) is 217 Å². The number of fused-ring (bicyclic) bond motifs is 3. The van der Waals surface area contributed by atoms with Crippen molar-refractivity contribution in [1.29, 1.82) is 0 Å². The van der Waals surface area contributed by atoms with Crippen LogP contribution in [0.4, 0.5) is 17.1 Å². The van der Waals surface area contributed by atoms with E-state index in [1.54, 1.807) is 0 Å². The Labute approximate surface area is 299 Å². The molecule has 51 heavy (non-hydrogen) atoms. The molecule has 0 bridgehead atoms. The van der Waals surface area contributed by atoms with Gasteiger partial charge < -0.3 is 4.90 Å². The number of anilines is 3. The third kappa shape index (κ3) is 5.75. The van der Waals surface area contributed by atoms with Crippen molar-refractivity contribution >= 4 is 38.6 Å². The lowest BCUT2D eigenvalue weighted by atomic mass is 9.92. The maximum atomic E-state index is 2.41. The van der Waals surface area contributed by atoms with Crippen LogP contribution in [-0.2, 0) is 0 Å². The van der Waals surface area contributed by atoms with Gasteiger partial charge in [-0.05, 0) is 96.9 Å². The fraction of sp³-hybridized carbons (Fsp3) is 0. The third-order valence-electron chi connectivity index (χ3n) is 9.87. The molecule has 1 nitrogen and oxygen atoms in total. The highest BCUT2D eigenvalue weighted by molar-refractivity contribution is 6.13. The summed E-state index contributed by atoms with van der Waals surface area (Å²) in [4.78, 5) is 2.41. The second kappa shape index (κ2) is 13.3. The molecule has 9 rings (SSSR count). The van der Waals surface area contributed by atoms with E-state index in [0.29, 0.717) is 0 Å². The van der Waals surface area contributed by atoms with E-state index < -0.39 is 0 Å². The van der Waals surface area contributed by atoms with Crippen LogP contribution in [0.25, 0.3) is 66.1 Å². The van der Waals surface area contributed by atoms with Gasteiger partial charge in [0.05, 0.1) is 5.69 Å². The Balaban J connectivity index is 1.24. The van der Waals surface area contributed by atoms with Crippen molar-refractivity contribution in [3.63, 3.8) is 0 Å². The van der Waals surface area contributed by atoms with Gasteiger partial charge in [-0.3, -0.25) is 0 Å². The van der Waals surface area contributed by atoms with E-state index in [4.69, 9.17) is 0 Å². The summed E-state index contributed by atoms with van der Waals surface area (Å²) in [6.07, 6.45) is 0. The van der Waals surface area contributed by atoms with Crippen molar-refractivity contribution in [2.45, 2.75) is 0 Å². The maximum absolute atomic E-state index is 2.41. The summed E-state index contributed by atoms with van der Waals surface area (Å²) in [6.45, 7) is 0. The molecule has 9 aromatic carbocycles. The minimum absolute atomic E-state index is 1.10. The normalized spacial score (nSPS) is 11.1. The molecule has 0 radical (unpaired) electrons. The highest BCUT2D eigenvalue weighted by atomic mass is 15.1. The fourth-order valence-electron chi connectivity index (χ4n) is 7.44. The summed E-state index contributed by atoms with van der Waals surface area (Å²) in [5.74, 6) is 0. The zero-order chi connectivity index (χ0) is 34.0. The molecule has 0 aliphatic carbocycles. The summed E-state index contributed by atoms with van der Waals surface area (Å²) in [7, 11) is 0. The Morgan fingerprint density at radius 3 is 1.43 bits per heavy atom. The van der Waals surface area contributed by atoms with Gasteiger partial charge in [-0.15, -0.1) is 0 Å². The van der Waals surface area contributed by atoms with Crippen LogP contribution in [0.15, 0.2) is 212 Å². The lowest BCUT2D eigenvalue weighted by Crippen LogP contribution is -2.11. The molecule has 0 aromatic heterocycles. The monoisotopic (exact) mass is 649 g/mol. The van der Waals surface area contributed by atoms with Crippen LogP contribution in [0, 0.1) is 0 Å². The van der Waals surface area contributed by atoms with Crippen molar-refractivity contribution < 1.29 is 0 Å². The molecule has 0 N–H and O–H groups in total. The lowest BCUT2D eigenvalue weighted by molar-refractivity contribution is 1.28. The van der Waals surface area contributed by atoms with Gasteiger partial charge in [0.1, 0.15) is 0 Å². The summed E-state index contributed by atoms with van der Waals surface area (Å²) in [5.41, 5.74) is 12.9.